The van der Waals surface area contributed by atoms with Gasteiger partial charge in [0.2, 0.25) is 0 Å². The zero-order valence-corrected chi connectivity index (χ0v) is 9.87. The molecule has 4 nitrogen and oxygen atoms in total. The topological polar surface area (TPSA) is 47.6 Å². The van der Waals surface area contributed by atoms with Crippen LogP contribution >= 0.6 is 7.60 Å². The summed E-state index contributed by atoms with van der Waals surface area (Å²) in [7, 11) is -0.162. The third-order valence-corrected chi connectivity index (χ3v) is 3.76. The highest BCUT2D eigenvalue weighted by molar-refractivity contribution is 7.53. The number of rotatable bonds is 6. The lowest BCUT2D eigenvalue weighted by molar-refractivity contribution is 0.273. The summed E-state index contributed by atoms with van der Waals surface area (Å²) in [6.07, 6.45) is 0.217. The lowest BCUT2D eigenvalue weighted by atomic mass is 10.2. The van der Waals surface area contributed by atoms with Gasteiger partial charge in [0.15, 0.2) is 0 Å². The van der Waals surface area contributed by atoms with Crippen molar-refractivity contribution in [3.8, 4) is 0 Å². The van der Waals surface area contributed by atoms with Crippen molar-refractivity contribution in [3.63, 3.8) is 0 Å². The van der Waals surface area contributed by atoms with Gasteiger partial charge in [0.05, 0.1) is 6.29 Å². The Morgan fingerprint density at radius 1 is 1.20 bits per heavy atom. The number of benzene rings is 1. The highest BCUT2D eigenvalue weighted by atomic mass is 31.2. The Morgan fingerprint density at radius 2 is 1.80 bits per heavy atom. The molecule has 5 heteroatoms. The SMILES string of the molecule is COP(=O)(CNCc1ccccc1)OC. The first-order chi connectivity index (χ1) is 7.20. The van der Waals surface area contributed by atoms with Crippen LogP contribution in [0.2, 0.25) is 0 Å². The quantitative estimate of drug-likeness (QED) is 0.760. The second-order valence-electron chi connectivity index (χ2n) is 3.05. The summed E-state index contributed by atoms with van der Waals surface area (Å²) in [4.78, 5) is 0. The summed E-state index contributed by atoms with van der Waals surface area (Å²) < 4.78 is 21.2. The van der Waals surface area contributed by atoms with E-state index >= 15 is 0 Å². The van der Waals surface area contributed by atoms with Crippen molar-refractivity contribution in [1.82, 2.24) is 5.32 Å². The molecule has 0 heterocycles. The van der Waals surface area contributed by atoms with Crippen molar-refractivity contribution in [2.24, 2.45) is 0 Å². The highest BCUT2D eigenvalue weighted by Crippen LogP contribution is 2.44. The summed E-state index contributed by atoms with van der Waals surface area (Å²) in [5, 5.41) is 3.03. The molecule has 0 unspecified atom stereocenters. The standard InChI is InChI=1S/C10H16NO3P/c1-13-15(12,14-2)9-11-8-10-6-4-3-5-7-10/h3-7,11H,8-9H2,1-2H3. The summed E-state index contributed by atoms with van der Waals surface area (Å²) in [5.41, 5.74) is 1.14. The molecule has 0 atom stereocenters. The van der Waals surface area contributed by atoms with Gasteiger partial charge in [0, 0.05) is 20.8 Å². The summed E-state index contributed by atoms with van der Waals surface area (Å²) >= 11 is 0. The molecule has 0 radical (unpaired) electrons. The normalized spacial score (nSPS) is 11.6. The molecule has 0 spiro atoms. The van der Waals surface area contributed by atoms with E-state index in [1.807, 2.05) is 30.3 Å². The van der Waals surface area contributed by atoms with Gasteiger partial charge in [-0.15, -0.1) is 0 Å². The zero-order valence-electron chi connectivity index (χ0n) is 8.97. The van der Waals surface area contributed by atoms with Crippen LogP contribution in [0.25, 0.3) is 0 Å². The van der Waals surface area contributed by atoms with Gasteiger partial charge in [-0.1, -0.05) is 30.3 Å². The van der Waals surface area contributed by atoms with Crippen LogP contribution in [-0.2, 0) is 20.2 Å². The molecule has 0 bridgehead atoms. The van der Waals surface area contributed by atoms with Gasteiger partial charge in [0.1, 0.15) is 0 Å². The van der Waals surface area contributed by atoms with Crippen LogP contribution < -0.4 is 5.32 Å². The third-order valence-electron chi connectivity index (χ3n) is 2.03. The van der Waals surface area contributed by atoms with Crippen LogP contribution in [0.3, 0.4) is 0 Å². The number of nitrogens with one attached hydrogen (secondary N) is 1. The third kappa shape index (κ3) is 4.14. The second kappa shape index (κ2) is 6.03. The molecule has 0 fully saturated rings. The van der Waals surface area contributed by atoms with Crippen molar-refractivity contribution in [1.29, 1.82) is 0 Å². The fraction of sp³-hybridized carbons (Fsp3) is 0.400. The minimum atomic E-state index is -2.93. The van der Waals surface area contributed by atoms with E-state index in [0.717, 1.165) is 5.56 Å². The van der Waals surface area contributed by atoms with Crippen LogP contribution in [-0.4, -0.2) is 20.5 Å². The van der Waals surface area contributed by atoms with Crippen LogP contribution in [0.1, 0.15) is 5.56 Å². The summed E-state index contributed by atoms with van der Waals surface area (Å²) in [6, 6.07) is 9.88. The van der Waals surface area contributed by atoms with Crippen LogP contribution in [0.5, 0.6) is 0 Å². The minimum Gasteiger partial charge on any atom is -0.311 e. The monoisotopic (exact) mass is 229 g/mol. The van der Waals surface area contributed by atoms with E-state index in [9.17, 15) is 4.57 Å². The molecule has 0 amide bonds. The molecular formula is C10H16NO3P. The average Bonchev–Trinajstić information content (AvgIpc) is 2.30. The van der Waals surface area contributed by atoms with E-state index in [-0.39, 0.29) is 6.29 Å². The predicted octanol–water partition coefficient (Wildman–Crippen LogP) is 2.22. The number of hydrogen-bond acceptors (Lipinski definition) is 4. The van der Waals surface area contributed by atoms with Crippen LogP contribution in [0.4, 0.5) is 0 Å². The molecule has 1 aromatic carbocycles. The van der Waals surface area contributed by atoms with Crippen LogP contribution in [0.15, 0.2) is 30.3 Å². The van der Waals surface area contributed by atoms with Crippen molar-refractivity contribution < 1.29 is 13.6 Å². The number of hydrogen-bond donors (Lipinski definition) is 1. The van der Waals surface area contributed by atoms with Crippen molar-refractivity contribution in [2.45, 2.75) is 6.54 Å². The Kier molecular flexibility index (Phi) is 4.99. The summed E-state index contributed by atoms with van der Waals surface area (Å²) in [5.74, 6) is 0. The second-order valence-corrected chi connectivity index (χ2v) is 5.31. The summed E-state index contributed by atoms with van der Waals surface area (Å²) in [6.45, 7) is 0.650. The Hall–Kier alpha value is -0.670. The fourth-order valence-electron chi connectivity index (χ4n) is 1.14. The predicted molar refractivity (Wildman–Crippen MR) is 59.8 cm³/mol. The molecule has 0 aliphatic heterocycles. The first kappa shape index (κ1) is 12.4. The highest BCUT2D eigenvalue weighted by Gasteiger charge is 2.19. The molecule has 15 heavy (non-hydrogen) atoms. The van der Waals surface area contributed by atoms with Gasteiger partial charge >= 0.3 is 7.60 Å². The van der Waals surface area contributed by atoms with E-state index < -0.39 is 7.60 Å². The van der Waals surface area contributed by atoms with Crippen molar-refractivity contribution in [2.75, 3.05) is 20.5 Å². The van der Waals surface area contributed by atoms with Crippen LogP contribution in [0, 0.1) is 0 Å². The zero-order chi connectivity index (χ0) is 11.1. The lowest BCUT2D eigenvalue weighted by Crippen LogP contribution is -2.16. The van der Waals surface area contributed by atoms with E-state index in [1.54, 1.807) is 0 Å². The van der Waals surface area contributed by atoms with Gasteiger partial charge in [-0.05, 0) is 5.56 Å². The molecule has 0 saturated carbocycles. The van der Waals surface area contributed by atoms with Gasteiger partial charge in [-0.3, -0.25) is 4.57 Å². The molecule has 0 aliphatic rings. The Bertz CT molecular complexity index is 321. The molecule has 0 aromatic heterocycles. The van der Waals surface area contributed by atoms with E-state index in [0.29, 0.717) is 6.54 Å². The van der Waals surface area contributed by atoms with Crippen molar-refractivity contribution in [3.05, 3.63) is 35.9 Å². The van der Waals surface area contributed by atoms with Gasteiger partial charge < -0.3 is 14.4 Å². The Balaban J connectivity index is 2.36. The minimum absolute atomic E-state index is 0.217. The van der Waals surface area contributed by atoms with Gasteiger partial charge in [-0.2, -0.15) is 0 Å². The molecule has 0 saturated heterocycles. The molecule has 84 valence electrons. The van der Waals surface area contributed by atoms with Gasteiger partial charge in [-0.25, -0.2) is 0 Å². The molecule has 1 aromatic rings. The lowest BCUT2D eigenvalue weighted by Gasteiger charge is -2.14. The Labute approximate surface area is 90.1 Å². The fourth-order valence-corrected chi connectivity index (χ4v) is 1.93. The van der Waals surface area contributed by atoms with E-state index in [4.69, 9.17) is 9.05 Å². The van der Waals surface area contributed by atoms with E-state index in [1.165, 1.54) is 14.2 Å². The maximum absolute atomic E-state index is 11.6. The van der Waals surface area contributed by atoms with Gasteiger partial charge in [0.25, 0.3) is 0 Å². The maximum Gasteiger partial charge on any atom is 0.343 e. The molecule has 0 aliphatic carbocycles. The largest absolute Gasteiger partial charge is 0.343 e. The first-order valence-electron chi connectivity index (χ1n) is 4.65. The Morgan fingerprint density at radius 3 is 2.33 bits per heavy atom. The smallest absolute Gasteiger partial charge is 0.311 e. The average molecular weight is 229 g/mol. The van der Waals surface area contributed by atoms with Crippen molar-refractivity contribution >= 4 is 7.60 Å². The first-order valence-corrected chi connectivity index (χ1v) is 6.38. The molecular weight excluding hydrogens is 213 g/mol. The molecule has 1 rings (SSSR count). The maximum atomic E-state index is 11.6. The molecule has 1 N–H and O–H groups in total. The van der Waals surface area contributed by atoms with E-state index in [2.05, 4.69) is 5.32 Å².